The standard InChI is InChI=1S/C23H30O7/c1-6-18-22(3)21(26)23(4,30-18)20(25)16(29-22)12-10-8-7-9-11-15-14(2)17(27-5)13-19(24)28-15/h7-13,16,18,20-21,25-26H,6H2,1-5H3/b8-7+,11-9+,12-10+/t16-,18+,20-,21+,22-,23+/m0/s1. The maximum Gasteiger partial charge on any atom is 0.339 e. The lowest BCUT2D eigenvalue weighted by Crippen LogP contribution is -2.64. The van der Waals surface area contributed by atoms with Crippen LogP contribution in [0.3, 0.4) is 0 Å². The summed E-state index contributed by atoms with van der Waals surface area (Å²) in [5.74, 6) is 0.901. The van der Waals surface area contributed by atoms with Gasteiger partial charge < -0.3 is 28.8 Å². The van der Waals surface area contributed by atoms with Gasteiger partial charge in [-0.25, -0.2) is 4.79 Å². The molecule has 7 heteroatoms. The first kappa shape index (κ1) is 22.5. The van der Waals surface area contributed by atoms with Crippen LogP contribution in [0.15, 0.2) is 45.7 Å². The monoisotopic (exact) mass is 418 g/mol. The number of aliphatic hydroxyl groups excluding tert-OH is 2. The van der Waals surface area contributed by atoms with E-state index in [0.717, 1.165) is 5.56 Å². The molecule has 0 unspecified atom stereocenters. The van der Waals surface area contributed by atoms with E-state index < -0.39 is 35.1 Å². The van der Waals surface area contributed by atoms with Crippen LogP contribution in [0.4, 0.5) is 0 Å². The van der Waals surface area contributed by atoms with E-state index in [-0.39, 0.29) is 6.10 Å². The van der Waals surface area contributed by atoms with Crippen LogP contribution in [0.5, 0.6) is 5.75 Å². The molecule has 2 aliphatic rings. The first-order valence-corrected chi connectivity index (χ1v) is 10.1. The summed E-state index contributed by atoms with van der Waals surface area (Å²) in [6.07, 6.45) is 8.34. The highest BCUT2D eigenvalue weighted by Gasteiger charge is 2.67. The van der Waals surface area contributed by atoms with Crippen LogP contribution >= 0.6 is 0 Å². The van der Waals surface area contributed by atoms with Gasteiger partial charge in [0, 0.05) is 5.56 Å². The predicted molar refractivity (Wildman–Crippen MR) is 112 cm³/mol. The molecule has 0 amide bonds. The molecule has 0 aliphatic carbocycles. The van der Waals surface area contributed by atoms with Gasteiger partial charge in [-0.1, -0.05) is 37.3 Å². The summed E-state index contributed by atoms with van der Waals surface area (Å²) < 4.78 is 22.4. The second-order valence-electron chi connectivity index (χ2n) is 8.06. The smallest absolute Gasteiger partial charge is 0.339 e. The molecule has 0 aromatic carbocycles. The molecule has 3 heterocycles. The van der Waals surface area contributed by atoms with Crippen molar-refractivity contribution >= 4 is 6.08 Å². The summed E-state index contributed by atoms with van der Waals surface area (Å²) in [6.45, 7) is 7.33. The molecule has 30 heavy (non-hydrogen) atoms. The summed E-state index contributed by atoms with van der Waals surface area (Å²) in [6, 6.07) is 1.30. The topological polar surface area (TPSA) is 98.4 Å². The Hall–Kier alpha value is -2.19. The Morgan fingerprint density at radius 2 is 1.83 bits per heavy atom. The van der Waals surface area contributed by atoms with Crippen molar-refractivity contribution in [3.05, 3.63) is 58.2 Å². The molecule has 6 atom stereocenters. The summed E-state index contributed by atoms with van der Waals surface area (Å²) >= 11 is 0. The molecule has 7 nitrogen and oxygen atoms in total. The van der Waals surface area contributed by atoms with Gasteiger partial charge >= 0.3 is 5.63 Å². The lowest BCUT2D eigenvalue weighted by atomic mass is 9.78. The van der Waals surface area contributed by atoms with E-state index in [0.29, 0.717) is 17.9 Å². The van der Waals surface area contributed by atoms with Crippen LogP contribution in [0.2, 0.25) is 0 Å². The van der Waals surface area contributed by atoms with Crippen molar-refractivity contribution in [1.82, 2.24) is 0 Å². The molecule has 1 aromatic heterocycles. The lowest BCUT2D eigenvalue weighted by Gasteiger charge is -2.45. The van der Waals surface area contributed by atoms with Gasteiger partial charge in [-0.15, -0.1) is 0 Å². The number of rotatable bonds is 6. The van der Waals surface area contributed by atoms with Crippen LogP contribution in [0.1, 0.15) is 38.5 Å². The Morgan fingerprint density at radius 3 is 2.50 bits per heavy atom. The van der Waals surface area contributed by atoms with Gasteiger partial charge in [-0.2, -0.15) is 0 Å². The van der Waals surface area contributed by atoms with Gasteiger partial charge in [0.1, 0.15) is 41.0 Å². The van der Waals surface area contributed by atoms with Crippen LogP contribution in [-0.2, 0) is 9.47 Å². The highest BCUT2D eigenvalue weighted by Crippen LogP contribution is 2.49. The molecule has 3 rings (SSSR count). The third kappa shape index (κ3) is 3.78. The van der Waals surface area contributed by atoms with E-state index in [1.165, 1.54) is 13.2 Å². The number of aliphatic hydroxyl groups is 2. The van der Waals surface area contributed by atoms with Gasteiger partial charge in [0.2, 0.25) is 0 Å². The fourth-order valence-corrected chi connectivity index (χ4v) is 4.29. The molecular weight excluding hydrogens is 388 g/mol. The number of hydrogen-bond donors (Lipinski definition) is 2. The average Bonchev–Trinajstić information content (AvgIpc) is 2.86. The fourth-order valence-electron chi connectivity index (χ4n) is 4.29. The number of methoxy groups -OCH3 is 1. The van der Waals surface area contributed by atoms with Crippen LogP contribution < -0.4 is 10.4 Å². The molecule has 2 saturated heterocycles. The second-order valence-corrected chi connectivity index (χ2v) is 8.06. The zero-order chi connectivity index (χ0) is 22.1. The summed E-state index contributed by atoms with van der Waals surface area (Å²) in [4.78, 5) is 11.6. The van der Waals surface area contributed by atoms with E-state index in [4.69, 9.17) is 18.6 Å². The van der Waals surface area contributed by atoms with Crippen molar-refractivity contribution < 1.29 is 28.8 Å². The Morgan fingerprint density at radius 1 is 1.13 bits per heavy atom. The maximum absolute atomic E-state index is 11.6. The minimum absolute atomic E-state index is 0.287. The van der Waals surface area contributed by atoms with E-state index in [9.17, 15) is 15.0 Å². The highest BCUT2D eigenvalue weighted by molar-refractivity contribution is 5.52. The minimum atomic E-state index is -1.08. The second kappa shape index (κ2) is 8.51. The zero-order valence-electron chi connectivity index (χ0n) is 18.0. The molecule has 2 aliphatic heterocycles. The molecule has 0 saturated carbocycles. The molecule has 1 aromatic rings. The van der Waals surface area contributed by atoms with Crippen molar-refractivity contribution in [2.24, 2.45) is 0 Å². The van der Waals surface area contributed by atoms with Crippen molar-refractivity contribution in [1.29, 1.82) is 0 Å². The number of hydrogen-bond acceptors (Lipinski definition) is 7. The Labute approximate surface area is 176 Å². The first-order chi connectivity index (χ1) is 14.2. The Balaban J connectivity index is 1.69. The normalized spacial score (nSPS) is 36.4. The molecule has 2 fully saturated rings. The van der Waals surface area contributed by atoms with Crippen LogP contribution in [0, 0.1) is 6.92 Å². The minimum Gasteiger partial charge on any atom is -0.496 e. The largest absolute Gasteiger partial charge is 0.496 e. The SMILES string of the molecule is CC[C@H]1O[C@@]2(C)[C@H](O)[C@@]1(C)O[C@@H](/C=C/C=C/C=C/c1oc(=O)cc(OC)c1C)[C@@H]2O. The highest BCUT2D eigenvalue weighted by atomic mass is 16.6. The predicted octanol–water partition coefficient (Wildman–Crippen LogP) is 2.53. The van der Waals surface area contributed by atoms with Crippen LogP contribution in [-0.4, -0.2) is 52.9 Å². The molecule has 0 radical (unpaired) electrons. The summed E-state index contributed by atoms with van der Waals surface area (Å²) in [5.41, 5.74) is -1.69. The Bertz CT molecular complexity index is 911. The van der Waals surface area contributed by atoms with Gasteiger partial charge in [-0.05, 0) is 33.3 Å². The van der Waals surface area contributed by atoms with Crippen molar-refractivity contribution in [3.8, 4) is 5.75 Å². The van der Waals surface area contributed by atoms with Crippen molar-refractivity contribution in [2.45, 2.75) is 69.7 Å². The zero-order valence-corrected chi connectivity index (χ0v) is 18.0. The van der Waals surface area contributed by atoms with E-state index in [1.54, 1.807) is 43.4 Å². The van der Waals surface area contributed by atoms with Gasteiger partial charge in [0.15, 0.2) is 0 Å². The molecule has 2 N–H and O–H groups in total. The molecule has 0 spiro atoms. The molecular formula is C23H30O7. The summed E-state index contributed by atoms with van der Waals surface area (Å²) in [5, 5.41) is 21.4. The van der Waals surface area contributed by atoms with Gasteiger partial charge in [-0.3, -0.25) is 0 Å². The lowest BCUT2D eigenvalue weighted by molar-refractivity contribution is -0.224. The molecule has 164 valence electrons. The number of ether oxygens (including phenoxy) is 3. The van der Waals surface area contributed by atoms with Crippen molar-refractivity contribution in [2.75, 3.05) is 7.11 Å². The summed E-state index contributed by atoms with van der Waals surface area (Å²) in [7, 11) is 1.50. The number of fused-ring (bicyclic) bond motifs is 2. The third-order valence-electron chi connectivity index (χ3n) is 6.08. The fraction of sp³-hybridized carbons (Fsp3) is 0.522. The third-order valence-corrected chi connectivity index (χ3v) is 6.08. The maximum atomic E-state index is 11.6. The van der Waals surface area contributed by atoms with E-state index in [2.05, 4.69) is 0 Å². The molecule has 2 bridgehead atoms. The number of allylic oxidation sites excluding steroid dienone is 4. The first-order valence-electron chi connectivity index (χ1n) is 10.1. The van der Waals surface area contributed by atoms with Gasteiger partial charge in [0.05, 0.1) is 19.3 Å². The van der Waals surface area contributed by atoms with Gasteiger partial charge in [0.25, 0.3) is 0 Å². The Kier molecular flexibility index (Phi) is 6.38. The van der Waals surface area contributed by atoms with E-state index in [1.807, 2.05) is 20.8 Å². The van der Waals surface area contributed by atoms with E-state index >= 15 is 0 Å². The average molecular weight is 418 g/mol. The quantitative estimate of drug-likeness (QED) is 0.685. The van der Waals surface area contributed by atoms with Crippen molar-refractivity contribution in [3.63, 3.8) is 0 Å². The van der Waals surface area contributed by atoms with Crippen LogP contribution in [0.25, 0.3) is 6.08 Å².